The quantitative estimate of drug-likeness (QED) is 0.621. The first-order valence-corrected chi connectivity index (χ1v) is 6.15. The molecule has 1 aromatic rings. The Balaban J connectivity index is 2.80. The first-order valence-electron chi connectivity index (χ1n) is 5.77. The number of carbonyl (C=O) groups is 1. The van der Waals surface area contributed by atoms with Crippen LogP contribution in [-0.2, 0) is 15.9 Å². The van der Waals surface area contributed by atoms with Crippen LogP contribution in [-0.4, -0.2) is 25.2 Å². The van der Waals surface area contributed by atoms with Crippen LogP contribution in [0.15, 0.2) is 29.3 Å². The molecular weight excluding hydrogens is 254 g/mol. The molecule has 0 atom stereocenters. The summed E-state index contributed by atoms with van der Waals surface area (Å²) in [6, 6.07) is 7.36. The Morgan fingerprint density at radius 1 is 1.22 bits per heavy atom. The van der Waals surface area contributed by atoms with Crippen molar-refractivity contribution in [2.45, 2.75) is 20.3 Å². The molecule has 1 amide bonds. The second-order valence-corrected chi connectivity index (χ2v) is 3.81. The fourth-order valence-corrected chi connectivity index (χ4v) is 1.55. The van der Waals surface area contributed by atoms with Crippen molar-refractivity contribution in [2.75, 3.05) is 13.2 Å². The van der Waals surface area contributed by atoms with Crippen LogP contribution in [0.3, 0.4) is 0 Å². The van der Waals surface area contributed by atoms with E-state index in [1.165, 1.54) is 0 Å². The van der Waals surface area contributed by atoms with E-state index in [0.29, 0.717) is 23.9 Å². The molecule has 5 heteroatoms. The van der Waals surface area contributed by atoms with Gasteiger partial charge in [0, 0.05) is 5.02 Å². The average Bonchev–Trinajstić information content (AvgIpc) is 2.32. The van der Waals surface area contributed by atoms with Crippen LogP contribution < -0.4 is 0 Å². The molecule has 1 rings (SSSR count). The highest BCUT2D eigenvalue weighted by molar-refractivity contribution is 6.31. The van der Waals surface area contributed by atoms with Crippen molar-refractivity contribution >= 4 is 23.6 Å². The van der Waals surface area contributed by atoms with Crippen LogP contribution in [0.25, 0.3) is 0 Å². The number of carbonyl (C=O) groups excluding carboxylic acids is 1. The second kappa shape index (κ2) is 7.71. The van der Waals surface area contributed by atoms with Crippen LogP contribution in [0.4, 0.5) is 4.79 Å². The summed E-state index contributed by atoms with van der Waals surface area (Å²) in [5.41, 5.74) is 0.857. The van der Waals surface area contributed by atoms with Crippen molar-refractivity contribution in [3.63, 3.8) is 0 Å². The van der Waals surface area contributed by atoms with Gasteiger partial charge in [0.05, 0.1) is 19.6 Å². The zero-order chi connectivity index (χ0) is 13.4. The molecule has 0 radical (unpaired) electrons. The summed E-state index contributed by atoms with van der Waals surface area (Å²) < 4.78 is 10.1. The van der Waals surface area contributed by atoms with E-state index in [-0.39, 0.29) is 6.61 Å². The standard InChI is InChI=1S/C13H16ClNO3/c1-3-17-12(15-13(16)18-4-2)9-10-7-5-6-8-11(10)14/h5-8H,3-4,9H2,1-2H3. The van der Waals surface area contributed by atoms with Gasteiger partial charge in [0.2, 0.25) is 0 Å². The lowest BCUT2D eigenvalue weighted by Crippen LogP contribution is -2.12. The molecule has 0 N–H and O–H groups in total. The Hall–Kier alpha value is -1.55. The molecular formula is C13H16ClNO3. The third-order valence-electron chi connectivity index (χ3n) is 2.09. The van der Waals surface area contributed by atoms with E-state index in [1.54, 1.807) is 13.0 Å². The minimum atomic E-state index is -0.645. The van der Waals surface area contributed by atoms with Crippen LogP contribution in [0.5, 0.6) is 0 Å². The number of benzene rings is 1. The van der Waals surface area contributed by atoms with Gasteiger partial charge in [0.25, 0.3) is 0 Å². The molecule has 0 spiro atoms. The highest BCUT2D eigenvalue weighted by Gasteiger charge is 2.09. The fourth-order valence-electron chi connectivity index (χ4n) is 1.35. The predicted molar refractivity (Wildman–Crippen MR) is 71.2 cm³/mol. The van der Waals surface area contributed by atoms with Gasteiger partial charge in [-0.15, -0.1) is 4.99 Å². The Kier molecular flexibility index (Phi) is 6.22. The lowest BCUT2D eigenvalue weighted by atomic mass is 10.1. The maximum atomic E-state index is 11.3. The van der Waals surface area contributed by atoms with Crippen LogP contribution in [0.2, 0.25) is 5.02 Å². The molecule has 98 valence electrons. The summed E-state index contributed by atoms with van der Waals surface area (Å²) in [5, 5.41) is 0.619. The molecule has 18 heavy (non-hydrogen) atoms. The van der Waals surface area contributed by atoms with Crippen molar-refractivity contribution in [1.29, 1.82) is 0 Å². The Morgan fingerprint density at radius 2 is 1.89 bits per heavy atom. The maximum Gasteiger partial charge on any atom is 0.436 e. The normalized spacial score (nSPS) is 11.2. The molecule has 0 saturated carbocycles. The summed E-state index contributed by atoms with van der Waals surface area (Å²) in [6.45, 7) is 4.27. The summed E-state index contributed by atoms with van der Waals surface area (Å²) >= 11 is 6.04. The van der Waals surface area contributed by atoms with Gasteiger partial charge in [-0.1, -0.05) is 29.8 Å². The minimum absolute atomic E-state index is 0.286. The monoisotopic (exact) mass is 269 g/mol. The number of halogens is 1. The van der Waals surface area contributed by atoms with Crippen molar-refractivity contribution in [3.05, 3.63) is 34.9 Å². The molecule has 0 saturated heterocycles. The number of ether oxygens (including phenoxy) is 2. The summed E-state index contributed by atoms with van der Waals surface area (Å²) in [5.74, 6) is 0.309. The summed E-state index contributed by atoms with van der Waals surface area (Å²) in [4.78, 5) is 15.0. The molecule has 1 aromatic carbocycles. The first-order chi connectivity index (χ1) is 8.67. The van der Waals surface area contributed by atoms with Gasteiger partial charge in [-0.25, -0.2) is 4.79 Å². The first kappa shape index (κ1) is 14.5. The molecule has 0 heterocycles. The number of rotatable bonds is 4. The van der Waals surface area contributed by atoms with Gasteiger partial charge in [0.15, 0.2) is 5.90 Å². The predicted octanol–water partition coefficient (Wildman–Crippen LogP) is 3.47. The number of nitrogens with zero attached hydrogens (tertiary/aromatic N) is 1. The molecule has 4 nitrogen and oxygen atoms in total. The zero-order valence-corrected chi connectivity index (χ0v) is 11.2. The number of hydrogen-bond donors (Lipinski definition) is 0. The second-order valence-electron chi connectivity index (χ2n) is 3.41. The third-order valence-corrected chi connectivity index (χ3v) is 2.46. The van der Waals surface area contributed by atoms with Gasteiger partial charge < -0.3 is 9.47 Å². The molecule has 0 aromatic heterocycles. The molecule has 0 aliphatic carbocycles. The lowest BCUT2D eigenvalue weighted by Gasteiger charge is -2.08. The zero-order valence-electron chi connectivity index (χ0n) is 10.5. The average molecular weight is 270 g/mol. The van der Waals surface area contributed by atoms with Crippen molar-refractivity contribution < 1.29 is 14.3 Å². The van der Waals surface area contributed by atoms with E-state index in [1.807, 2.05) is 25.1 Å². The lowest BCUT2D eigenvalue weighted by molar-refractivity contribution is 0.162. The third kappa shape index (κ3) is 4.75. The Labute approximate surface area is 112 Å². The Morgan fingerprint density at radius 3 is 2.50 bits per heavy atom. The molecule has 0 bridgehead atoms. The molecule has 0 fully saturated rings. The van der Waals surface area contributed by atoms with Gasteiger partial charge >= 0.3 is 6.09 Å². The van der Waals surface area contributed by atoms with Gasteiger partial charge in [0.1, 0.15) is 0 Å². The maximum absolute atomic E-state index is 11.3. The van der Waals surface area contributed by atoms with Crippen LogP contribution >= 0.6 is 11.6 Å². The minimum Gasteiger partial charge on any atom is -0.481 e. The Bertz CT molecular complexity index is 432. The molecule has 0 unspecified atom stereocenters. The van der Waals surface area contributed by atoms with E-state index in [0.717, 1.165) is 5.56 Å². The van der Waals surface area contributed by atoms with E-state index in [9.17, 15) is 4.79 Å². The topological polar surface area (TPSA) is 47.9 Å². The smallest absolute Gasteiger partial charge is 0.436 e. The fraction of sp³-hybridized carbons (Fsp3) is 0.385. The van der Waals surface area contributed by atoms with E-state index >= 15 is 0 Å². The number of aliphatic imine (C=N–C) groups is 1. The van der Waals surface area contributed by atoms with E-state index < -0.39 is 6.09 Å². The SMILES string of the molecule is CCOC(=O)N=C(Cc1ccccc1Cl)OCC. The highest BCUT2D eigenvalue weighted by atomic mass is 35.5. The van der Waals surface area contributed by atoms with Crippen molar-refractivity contribution in [1.82, 2.24) is 0 Å². The van der Waals surface area contributed by atoms with E-state index in [2.05, 4.69) is 4.99 Å². The largest absolute Gasteiger partial charge is 0.481 e. The van der Waals surface area contributed by atoms with Crippen molar-refractivity contribution in [2.24, 2.45) is 4.99 Å². The van der Waals surface area contributed by atoms with Crippen LogP contribution in [0.1, 0.15) is 19.4 Å². The number of amides is 1. The highest BCUT2D eigenvalue weighted by Crippen LogP contribution is 2.16. The van der Waals surface area contributed by atoms with Gasteiger partial charge in [-0.2, -0.15) is 0 Å². The van der Waals surface area contributed by atoms with Crippen LogP contribution in [0, 0.1) is 0 Å². The van der Waals surface area contributed by atoms with E-state index in [4.69, 9.17) is 21.1 Å². The summed E-state index contributed by atoms with van der Waals surface area (Å²) in [7, 11) is 0. The van der Waals surface area contributed by atoms with Crippen molar-refractivity contribution in [3.8, 4) is 0 Å². The molecule has 0 aliphatic rings. The number of hydrogen-bond acceptors (Lipinski definition) is 3. The van der Waals surface area contributed by atoms with Gasteiger partial charge in [-0.3, -0.25) is 0 Å². The van der Waals surface area contributed by atoms with Gasteiger partial charge in [-0.05, 0) is 25.5 Å². The summed E-state index contributed by atoms with van der Waals surface area (Å²) in [6.07, 6.45) is -0.278. The molecule has 0 aliphatic heterocycles.